The van der Waals surface area contributed by atoms with Crippen LogP contribution in [0.1, 0.15) is 24.8 Å². The number of carbonyl (C=O) groups excluding carboxylic acids is 2. The van der Waals surface area contributed by atoms with E-state index in [0.717, 1.165) is 42.1 Å². The summed E-state index contributed by atoms with van der Waals surface area (Å²) in [5.74, 6) is -0.388. The standard InChI is InChI=1S/C16H21N3O3S/c20-15(10-19-6-2-1-3-7-19)17-12-5-4-11-8-14(16(21)18-22)23-13(11)9-12/h4-5,9,14,22H,1-3,6-8,10H2,(H,17,20)(H,18,21). The Morgan fingerprint density at radius 2 is 2.04 bits per heavy atom. The number of nitrogens with zero attached hydrogens (tertiary/aromatic N) is 1. The minimum Gasteiger partial charge on any atom is -0.325 e. The van der Waals surface area contributed by atoms with E-state index in [0.29, 0.717) is 13.0 Å². The van der Waals surface area contributed by atoms with Gasteiger partial charge in [0.1, 0.15) is 0 Å². The number of hydroxylamine groups is 1. The molecule has 0 aliphatic carbocycles. The Labute approximate surface area is 139 Å². The summed E-state index contributed by atoms with van der Waals surface area (Å²) in [5.41, 5.74) is 3.52. The molecule has 0 radical (unpaired) electrons. The van der Waals surface area contributed by atoms with Gasteiger partial charge in [0.2, 0.25) is 5.91 Å². The SMILES string of the molecule is O=C(CN1CCCCC1)Nc1ccc2c(c1)SC(C(=O)NO)C2. The quantitative estimate of drug-likeness (QED) is 0.576. The molecule has 1 aromatic rings. The van der Waals surface area contributed by atoms with Crippen LogP contribution in [0.15, 0.2) is 23.1 Å². The molecule has 6 nitrogen and oxygen atoms in total. The maximum absolute atomic E-state index is 12.1. The number of carbonyl (C=O) groups is 2. The van der Waals surface area contributed by atoms with Crippen molar-refractivity contribution in [3.05, 3.63) is 23.8 Å². The molecule has 124 valence electrons. The van der Waals surface area contributed by atoms with Gasteiger partial charge in [0.25, 0.3) is 5.91 Å². The molecule has 7 heteroatoms. The van der Waals surface area contributed by atoms with E-state index in [-0.39, 0.29) is 17.1 Å². The molecule has 2 aliphatic rings. The second-order valence-corrected chi connectivity index (χ2v) is 7.24. The summed E-state index contributed by atoms with van der Waals surface area (Å²) >= 11 is 1.41. The maximum atomic E-state index is 12.1. The van der Waals surface area contributed by atoms with Crippen molar-refractivity contribution in [1.82, 2.24) is 10.4 Å². The highest BCUT2D eigenvalue weighted by Gasteiger charge is 2.28. The Kier molecular flexibility index (Phi) is 5.20. The molecule has 23 heavy (non-hydrogen) atoms. The molecule has 3 N–H and O–H groups in total. The van der Waals surface area contributed by atoms with Crippen LogP contribution in [0, 0.1) is 0 Å². The van der Waals surface area contributed by atoms with E-state index in [1.807, 2.05) is 18.2 Å². The number of anilines is 1. The molecule has 1 unspecified atom stereocenters. The number of rotatable bonds is 4. The highest BCUT2D eigenvalue weighted by Crippen LogP contribution is 2.38. The summed E-state index contributed by atoms with van der Waals surface area (Å²) in [6.45, 7) is 2.41. The van der Waals surface area contributed by atoms with Crippen molar-refractivity contribution in [3.8, 4) is 0 Å². The van der Waals surface area contributed by atoms with Gasteiger partial charge in [-0.3, -0.25) is 19.7 Å². The van der Waals surface area contributed by atoms with Gasteiger partial charge in [0.05, 0.1) is 11.8 Å². The largest absolute Gasteiger partial charge is 0.325 e. The number of piperidine rings is 1. The summed E-state index contributed by atoms with van der Waals surface area (Å²) in [5, 5.41) is 11.4. The zero-order valence-electron chi connectivity index (χ0n) is 12.9. The molecule has 2 heterocycles. The summed E-state index contributed by atoms with van der Waals surface area (Å²) in [7, 11) is 0. The van der Waals surface area contributed by atoms with Crippen molar-refractivity contribution in [2.75, 3.05) is 25.0 Å². The fourth-order valence-electron chi connectivity index (χ4n) is 3.04. The molecular weight excluding hydrogens is 314 g/mol. The number of fused-ring (bicyclic) bond motifs is 1. The van der Waals surface area contributed by atoms with Gasteiger partial charge in [-0.1, -0.05) is 12.5 Å². The van der Waals surface area contributed by atoms with Gasteiger partial charge in [0.15, 0.2) is 0 Å². The molecule has 1 saturated heterocycles. The summed E-state index contributed by atoms with van der Waals surface area (Å²) in [6, 6.07) is 5.70. The molecule has 1 atom stereocenters. The molecule has 1 aromatic carbocycles. The number of hydrogen-bond acceptors (Lipinski definition) is 5. The minimum atomic E-state index is -0.387. The van der Waals surface area contributed by atoms with Crippen LogP contribution in [0.4, 0.5) is 5.69 Å². The number of amides is 2. The molecular formula is C16H21N3O3S. The highest BCUT2D eigenvalue weighted by atomic mass is 32.2. The van der Waals surface area contributed by atoms with Crippen LogP contribution in [-0.4, -0.2) is 46.8 Å². The van der Waals surface area contributed by atoms with E-state index < -0.39 is 0 Å². The van der Waals surface area contributed by atoms with Crippen molar-refractivity contribution >= 4 is 29.3 Å². The van der Waals surface area contributed by atoms with Crippen molar-refractivity contribution in [3.63, 3.8) is 0 Å². The van der Waals surface area contributed by atoms with Crippen LogP contribution in [0.3, 0.4) is 0 Å². The zero-order valence-corrected chi connectivity index (χ0v) is 13.7. The lowest BCUT2D eigenvalue weighted by Crippen LogP contribution is -2.36. The smallest absolute Gasteiger partial charge is 0.257 e. The molecule has 0 bridgehead atoms. The maximum Gasteiger partial charge on any atom is 0.257 e. The molecule has 0 saturated carbocycles. The third-order valence-corrected chi connectivity index (χ3v) is 5.54. The molecule has 2 amide bonds. The van der Waals surface area contributed by atoms with Crippen molar-refractivity contribution in [1.29, 1.82) is 0 Å². The van der Waals surface area contributed by atoms with Gasteiger partial charge in [-0.2, -0.15) is 0 Å². The van der Waals surface area contributed by atoms with Crippen LogP contribution < -0.4 is 10.8 Å². The Hall–Kier alpha value is -1.57. The summed E-state index contributed by atoms with van der Waals surface area (Å²) in [6.07, 6.45) is 4.17. The van der Waals surface area contributed by atoms with Crippen LogP contribution in [0.25, 0.3) is 0 Å². The number of hydrogen-bond donors (Lipinski definition) is 3. The fourth-order valence-corrected chi connectivity index (χ4v) is 4.27. The monoisotopic (exact) mass is 335 g/mol. The van der Waals surface area contributed by atoms with Gasteiger partial charge >= 0.3 is 0 Å². The van der Waals surface area contributed by atoms with E-state index in [1.165, 1.54) is 18.2 Å². The van der Waals surface area contributed by atoms with Crippen molar-refractivity contribution < 1.29 is 14.8 Å². The average molecular weight is 335 g/mol. The normalized spacial score (nSPS) is 20.8. The molecule has 1 fully saturated rings. The fraction of sp³-hybridized carbons (Fsp3) is 0.500. The lowest BCUT2D eigenvalue weighted by Gasteiger charge is -2.25. The average Bonchev–Trinajstić information content (AvgIpc) is 2.98. The lowest BCUT2D eigenvalue weighted by molar-refractivity contribution is -0.128. The molecule has 0 spiro atoms. The number of thioether (sulfide) groups is 1. The van der Waals surface area contributed by atoms with E-state index in [4.69, 9.17) is 5.21 Å². The van der Waals surface area contributed by atoms with Crippen LogP contribution in [-0.2, 0) is 16.0 Å². The Balaban J connectivity index is 1.58. The first-order valence-electron chi connectivity index (χ1n) is 7.91. The van der Waals surface area contributed by atoms with Crippen LogP contribution in [0.2, 0.25) is 0 Å². The Morgan fingerprint density at radius 3 is 2.78 bits per heavy atom. The van der Waals surface area contributed by atoms with Gasteiger partial charge in [0, 0.05) is 10.6 Å². The zero-order chi connectivity index (χ0) is 16.2. The Morgan fingerprint density at radius 1 is 1.26 bits per heavy atom. The first-order valence-corrected chi connectivity index (χ1v) is 8.79. The van der Waals surface area contributed by atoms with Crippen LogP contribution in [0.5, 0.6) is 0 Å². The van der Waals surface area contributed by atoms with Crippen molar-refractivity contribution in [2.24, 2.45) is 0 Å². The van der Waals surface area contributed by atoms with E-state index in [9.17, 15) is 9.59 Å². The minimum absolute atomic E-state index is 0.000465. The predicted molar refractivity (Wildman–Crippen MR) is 88.6 cm³/mol. The Bertz CT molecular complexity index is 602. The molecule has 2 aliphatic heterocycles. The molecule has 3 rings (SSSR count). The second kappa shape index (κ2) is 7.33. The number of nitrogens with one attached hydrogen (secondary N) is 2. The summed E-state index contributed by atoms with van der Waals surface area (Å²) in [4.78, 5) is 26.8. The number of benzene rings is 1. The predicted octanol–water partition coefficient (Wildman–Crippen LogP) is 1.63. The van der Waals surface area contributed by atoms with Gasteiger partial charge in [-0.15, -0.1) is 11.8 Å². The third-order valence-electron chi connectivity index (χ3n) is 4.24. The van der Waals surface area contributed by atoms with Gasteiger partial charge in [-0.05, 0) is 50.0 Å². The summed E-state index contributed by atoms with van der Waals surface area (Å²) < 4.78 is 0. The third kappa shape index (κ3) is 4.04. The number of likely N-dealkylation sites (tertiary alicyclic amines) is 1. The van der Waals surface area contributed by atoms with Crippen LogP contribution >= 0.6 is 11.8 Å². The van der Waals surface area contributed by atoms with Gasteiger partial charge in [-0.25, -0.2) is 5.48 Å². The highest BCUT2D eigenvalue weighted by molar-refractivity contribution is 8.01. The van der Waals surface area contributed by atoms with E-state index >= 15 is 0 Å². The van der Waals surface area contributed by atoms with E-state index in [2.05, 4.69) is 10.2 Å². The van der Waals surface area contributed by atoms with E-state index in [1.54, 1.807) is 5.48 Å². The van der Waals surface area contributed by atoms with Gasteiger partial charge < -0.3 is 5.32 Å². The lowest BCUT2D eigenvalue weighted by atomic mass is 10.1. The first kappa shape index (κ1) is 16.3. The molecule has 0 aromatic heterocycles. The first-order chi connectivity index (χ1) is 11.2. The van der Waals surface area contributed by atoms with Crippen molar-refractivity contribution in [2.45, 2.75) is 35.8 Å². The topological polar surface area (TPSA) is 81.7 Å². The second-order valence-electron chi connectivity index (χ2n) is 5.99.